The van der Waals surface area contributed by atoms with Gasteiger partial charge in [0, 0.05) is 5.69 Å². The summed E-state index contributed by atoms with van der Waals surface area (Å²) in [6.07, 6.45) is 0.983. The van der Waals surface area contributed by atoms with Crippen LogP contribution in [0.25, 0.3) is 0 Å². The van der Waals surface area contributed by atoms with Crippen molar-refractivity contribution in [3.05, 3.63) is 71.5 Å². The molecule has 1 atom stereocenters. The van der Waals surface area contributed by atoms with E-state index in [0.29, 0.717) is 6.54 Å². The van der Waals surface area contributed by atoms with E-state index >= 15 is 0 Å². The van der Waals surface area contributed by atoms with E-state index in [1.807, 2.05) is 60.9 Å². The fraction of sp³-hybridized carbons (Fsp3) is 0.286. The molecule has 5 nitrogen and oxygen atoms in total. The Morgan fingerprint density at radius 3 is 2.44 bits per heavy atom. The monoisotopic (exact) mass is 380 g/mol. The quantitative estimate of drug-likeness (QED) is 0.620. The Morgan fingerprint density at radius 2 is 1.78 bits per heavy atom. The van der Waals surface area contributed by atoms with Crippen LogP contribution in [0.1, 0.15) is 30.8 Å². The summed E-state index contributed by atoms with van der Waals surface area (Å²) in [5, 5.41) is 11.9. The van der Waals surface area contributed by atoms with Crippen LogP contribution in [0.4, 0.5) is 5.69 Å². The molecule has 0 aliphatic heterocycles. The predicted molar refractivity (Wildman–Crippen MR) is 110 cm³/mol. The highest BCUT2D eigenvalue weighted by Crippen LogP contribution is 2.24. The third kappa shape index (κ3) is 4.98. The maximum Gasteiger partial charge on any atom is 0.237 e. The van der Waals surface area contributed by atoms with Gasteiger partial charge in [0.25, 0.3) is 0 Å². The minimum Gasteiger partial charge on any atom is -0.325 e. The average molecular weight is 381 g/mol. The van der Waals surface area contributed by atoms with Gasteiger partial charge in [-0.1, -0.05) is 61.2 Å². The highest BCUT2D eigenvalue weighted by Gasteiger charge is 2.19. The minimum atomic E-state index is -0.283. The number of anilines is 1. The molecule has 3 rings (SSSR count). The van der Waals surface area contributed by atoms with Gasteiger partial charge in [0.05, 0.1) is 11.8 Å². The maximum absolute atomic E-state index is 12.6. The second kappa shape index (κ2) is 8.86. The largest absolute Gasteiger partial charge is 0.325 e. The average Bonchev–Trinajstić information content (AvgIpc) is 3.02. The molecule has 0 radical (unpaired) electrons. The number of hydrogen-bond acceptors (Lipinski definition) is 4. The number of carbonyl (C=O) groups excluding carboxylic acids is 1. The molecule has 140 valence electrons. The number of thioether (sulfide) groups is 1. The summed E-state index contributed by atoms with van der Waals surface area (Å²) in [6.45, 7) is 6.62. The lowest BCUT2D eigenvalue weighted by Gasteiger charge is -2.13. The van der Waals surface area contributed by atoms with E-state index in [2.05, 4.69) is 34.6 Å². The van der Waals surface area contributed by atoms with Crippen molar-refractivity contribution in [1.29, 1.82) is 0 Å². The molecule has 27 heavy (non-hydrogen) atoms. The second-order valence-electron chi connectivity index (χ2n) is 6.40. The van der Waals surface area contributed by atoms with E-state index < -0.39 is 0 Å². The zero-order chi connectivity index (χ0) is 19.2. The number of carbonyl (C=O) groups is 1. The first kappa shape index (κ1) is 19.2. The van der Waals surface area contributed by atoms with Gasteiger partial charge in [-0.15, -0.1) is 10.2 Å². The van der Waals surface area contributed by atoms with Gasteiger partial charge >= 0.3 is 0 Å². The number of nitrogens with zero attached hydrogens (tertiary/aromatic N) is 3. The summed E-state index contributed by atoms with van der Waals surface area (Å²) >= 11 is 1.42. The van der Waals surface area contributed by atoms with Crippen LogP contribution < -0.4 is 5.32 Å². The molecule has 0 aliphatic rings. The summed E-state index contributed by atoms with van der Waals surface area (Å²) in [4.78, 5) is 12.6. The van der Waals surface area contributed by atoms with Gasteiger partial charge in [-0.25, -0.2) is 0 Å². The Kier molecular flexibility index (Phi) is 6.29. The van der Waals surface area contributed by atoms with E-state index in [1.54, 1.807) is 0 Å². The lowest BCUT2D eigenvalue weighted by molar-refractivity contribution is -0.115. The molecule has 0 saturated heterocycles. The third-order valence-electron chi connectivity index (χ3n) is 4.37. The number of aryl methyl sites for hydroxylation is 2. The van der Waals surface area contributed by atoms with Crippen LogP contribution >= 0.6 is 11.8 Å². The smallest absolute Gasteiger partial charge is 0.237 e. The molecule has 1 N–H and O–H groups in total. The van der Waals surface area contributed by atoms with Gasteiger partial charge in [0.1, 0.15) is 5.82 Å². The lowest BCUT2D eigenvalue weighted by Crippen LogP contribution is -2.23. The zero-order valence-electron chi connectivity index (χ0n) is 15.8. The third-order valence-corrected chi connectivity index (χ3v) is 5.45. The molecular formula is C21H24N4OS. The Balaban J connectivity index is 1.66. The van der Waals surface area contributed by atoms with Crippen molar-refractivity contribution in [2.24, 2.45) is 0 Å². The number of aromatic nitrogens is 3. The van der Waals surface area contributed by atoms with E-state index in [4.69, 9.17) is 0 Å². The molecule has 3 aromatic rings. The molecule has 2 aromatic carbocycles. The fourth-order valence-electron chi connectivity index (χ4n) is 2.68. The van der Waals surface area contributed by atoms with Crippen molar-refractivity contribution in [2.45, 2.75) is 44.1 Å². The van der Waals surface area contributed by atoms with Gasteiger partial charge in [-0.3, -0.25) is 4.79 Å². The Bertz CT molecular complexity index is 890. The lowest BCUT2D eigenvalue weighted by atomic mass is 10.1. The van der Waals surface area contributed by atoms with Crippen LogP contribution in [-0.2, 0) is 17.8 Å². The summed E-state index contributed by atoms with van der Waals surface area (Å²) in [5.41, 5.74) is 3.24. The van der Waals surface area contributed by atoms with Gasteiger partial charge in [-0.05, 0) is 43.5 Å². The van der Waals surface area contributed by atoms with Crippen molar-refractivity contribution < 1.29 is 4.79 Å². The molecule has 0 fully saturated rings. The second-order valence-corrected chi connectivity index (χ2v) is 7.71. The van der Waals surface area contributed by atoms with Crippen molar-refractivity contribution in [3.8, 4) is 0 Å². The van der Waals surface area contributed by atoms with E-state index in [1.165, 1.54) is 22.9 Å². The molecule has 1 heterocycles. The summed E-state index contributed by atoms with van der Waals surface area (Å²) in [7, 11) is 0. The summed E-state index contributed by atoms with van der Waals surface area (Å²) in [5.74, 6) is 0.792. The fourth-order valence-corrected chi connectivity index (χ4v) is 3.57. The van der Waals surface area contributed by atoms with Gasteiger partial charge in [0.15, 0.2) is 5.16 Å². The van der Waals surface area contributed by atoms with Crippen molar-refractivity contribution >= 4 is 23.4 Å². The molecular weight excluding hydrogens is 356 g/mol. The Morgan fingerprint density at radius 1 is 1.07 bits per heavy atom. The first-order valence-electron chi connectivity index (χ1n) is 9.07. The topological polar surface area (TPSA) is 59.8 Å². The summed E-state index contributed by atoms with van der Waals surface area (Å²) < 4.78 is 2.04. The molecule has 0 saturated carbocycles. The molecule has 0 aliphatic carbocycles. The number of rotatable bonds is 7. The molecule has 6 heteroatoms. The number of hydrogen-bond donors (Lipinski definition) is 1. The molecule has 0 unspecified atom stereocenters. The van der Waals surface area contributed by atoms with E-state index in [0.717, 1.165) is 23.1 Å². The van der Waals surface area contributed by atoms with Gasteiger partial charge in [-0.2, -0.15) is 0 Å². The standard InChI is InChI=1S/C21H24N4OS/c1-4-17-10-12-19(13-11-17)22-20(26)15(2)27-21-24-23-16(3)25(21)14-18-8-6-5-7-9-18/h5-13,15H,4,14H2,1-3H3,(H,22,26)/t15-/m1/s1. The predicted octanol–water partition coefficient (Wildman–Crippen LogP) is 4.32. The molecule has 1 aromatic heterocycles. The zero-order valence-corrected chi connectivity index (χ0v) is 16.7. The first-order chi connectivity index (χ1) is 13.1. The highest BCUT2D eigenvalue weighted by molar-refractivity contribution is 8.00. The van der Waals surface area contributed by atoms with Crippen molar-refractivity contribution in [1.82, 2.24) is 14.8 Å². The number of amides is 1. The molecule has 0 bridgehead atoms. The van der Waals surface area contributed by atoms with Crippen LogP contribution in [0.15, 0.2) is 59.8 Å². The van der Waals surface area contributed by atoms with Gasteiger partial charge in [0.2, 0.25) is 5.91 Å². The molecule has 1 amide bonds. The van der Waals surface area contributed by atoms with E-state index in [9.17, 15) is 4.79 Å². The Labute approximate surface area is 164 Å². The Hall–Kier alpha value is -2.60. The maximum atomic E-state index is 12.6. The number of benzene rings is 2. The van der Waals surface area contributed by atoms with E-state index in [-0.39, 0.29) is 11.2 Å². The van der Waals surface area contributed by atoms with Crippen LogP contribution in [0, 0.1) is 6.92 Å². The number of nitrogens with one attached hydrogen (secondary N) is 1. The SMILES string of the molecule is CCc1ccc(NC(=O)[C@@H](C)Sc2nnc(C)n2Cc2ccccc2)cc1. The van der Waals surface area contributed by atoms with Crippen molar-refractivity contribution in [3.63, 3.8) is 0 Å². The minimum absolute atomic E-state index is 0.0452. The van der Waals surface area contributed by atoms with Crippen molar-refractivity contribution in [2.75, 3.05) is 5.32 Å². The van der Waals surface area contributed by atoms with Gasteiger partial charge < -0.3 is 9.88 Å². The van der Waals surface area contributed by atoms with Crippen LogP contribution in [0.3, 0.4) is 0 Å². The highest BCUT2D eigenvalue weighted by atomic mass is 32.2. The summed E-state index contributed by atoms with van der Waals surface area (Å²) in [6, 6.07) is 18.1. The van der Waals surface area contributed by atoms with Crippen LogP contribution in [-0.4, -0.2) is 25.9 Å². The van der Waals surface area contributed by atoms with Crippen LogP contribution in [0.5, 0.6) is 0 Å². The van der Waals surface area contributed by atoms with Crippen LogP contribution in [0.2, 0.25) is 0 Å². The normalized spacial score (nSPS) is 12.0. The first-order valence-corrected chi connectivity index (χ1v) is 9.95. The molecule has 0 spiro atoms.